The van der Waals surface area contributed by atoms with Crippen molar-refractivity contribution in [3.8, 4) is 11.5 Å². The molecule has 6 nitrogen and oxygen atoms in total. The third-order valence-electron chi connectivity index (χ3n) is 4.61. The summed E-state index contributed by atoms with van der Waals surface area (Å²) in [6.07, 6.45) is 3.88. The summed E-state index contributed by atoms with van der Waals surface area (Å²) >= 11 is 0. The number of fused-ring (bicyclic) bond motifs is 1. The number of rotatable bonds is 7. The number of aromatic nitrogens is 2. The Bertz CT molecular complexity index is 1150. The van der Waals surface area contributed by atoms with E-state index in [9.17, 15) is 4.79 Å². The van der Waals surface area contributed by atoms with Crippen molar-refractivity contribution in [3.05, 3.63) is 89.9 Å². The molecule has 0 saturated heterocycles. The van der Waals surface area contributed by atoms with E-state index < -0.39 is 0 Å². The van der Waals surface area contributed by atoms with Crippen LogP contribution in [0, 0.1) is 13.8 Å². The Hall–Kier alpha value is -3.80. The summed E-state index contributed by atoms with van der Waals surface area (Å²) in [5.41, 5.74) is 4.52. The minimum absolute atomic E-state index is 0.0593. The molecule has 2 aromatic heterocycles. The van der Waals surface area contributed by atoms with Crippen molar-refractivity contribution in [2.24, 2.45) is 0 Å². The Morgan fingerprint density at radius 1 is 1.03 bits per heavy atom. The second-order valence-corrected chi connectivity index (χ2v) is 7.12. The molecule has 0 aliphatic rings. The molecule has 0 saturated carbocycles. The van der Waals surface area contributed by atoms with Crippen LogP contribution in [0.25, 0.3) is 5.65 Å². The third kappa shape index (κ3) is 4.78. The fourth-order valence-corrected chi connectivity index (χ4v) is 3.18. The van der Waals surface area contributed by atoms with Gasteiger partial charge in [0.25, 0.3) is 5.91 Å². The number of imidazole rings is 1. The number of pyridine rings is 1. The summed E-state index contributed by atoms with van der Waals surface area (Å²) < 4.78 is 13.4. The van der Waals surface area contributed by atoms with Gasteiger partial charge in [-0.3, -0.25) is 4.79 Å². The maximum atomic E-state index is 12.3. The summed E-state index contributed by atoms with van der Waals surface area (Å²) in [4.78, 5) is 16.8. The zero-order chi connectivity index (χ0) is 20.9. The largest absolute Gasteiger partial charge is 0.487 e. The van der Waals surface area contributed by atoms with Crippen LogP contribution in [0.1, 0.15) is 16.8 Å². The zero-order valence-electron chi connectivity index (χ0n) is 17.0. The molecule has 1 amide bonds. The topological polar surface area (TPSA) is 64.9 Å². The molecule has 152 valence electrons. The number of carbonyl (C=O) groups excluding carboxylic acids is 1. The average molecular weight is 401 g/mol. The lowest BCUT2D eigenvalue weighted by Gasteiger charge is -2.11. The highest BCUT2D eigenvalue weighted by Gasteiger charge is 2.07. The van der Waals surface area contributed by atoms with Crippen LogP contribution in [0.3, 0.4) is 0 Å². The molecule has 0 bridgehead atoms. The Labute approximate surface area is 175 Å². The number of hydrogen-bond donors (Lipinski definition) is 1. The number of amides is 1. The molecule has 0 spiro atoms. The van der Waals surface area contributed by atoms with Gasteiger partial charge < -0.3 is 19.2 Å². The van der Waals surface area contributed by atoms with Crippen molar-refractivity contribution in [1.29, 1.82) is 0 Å². The molecule has 6 heteroatoms. The number of hydrogen-bond acceptors (Lipinski definition) is 4. The van der Waals surface area contributed by atoms with Crippen molar-refractivity contribution in [2.75, 3.05) is 11.9 Å². The summed E-state index contributed by atoms with van der Waals surface area (Å²) in [5, 5.41) is 2.84. The maximum Gasteiger partial charge on any atom is 0.262 e. The van der Waals surface area contributed by atoms with E-state index in [1.807, 2.05) is 85.2 Å². The number of carbonyl (C=O) groups is 1. The van der Waals surface area contributed by atoms with Gasteiger partial charge >= 0.3 is 0 Å². The number of aryl methyl sites for hydroxylation is 2. The van der Waals surface area contributed by atoms with Gasteiger partial charge in [0.05, 0.1) is 5.69 Å². The van der Waals surface area contributed by atoms with Crippen molar-refractivity contribution in [3.63, 3.8) is 0 Å². The molecule has 4 rings (SSSR count). The minimum atomic E-state index is -0.229. The highest BCUT2D eigenvalue weighted by atomic mass is 16.5. The van der Waals surface area contributed by atoms with Gasteiger partial charge in [-0.25, -0.2) is 4.98 Å². The van der Waals surface area contributed by atoms with Crippen molar-refractivity contribution in [2.45, 2.75) is 20.5 Å². The lowest BCUT2D eigenvalue weighted by atomic mass is 10.1. The first-order valence-corrected chi connectivity index (χ1v) is 9.72. The average Bonchev–Trinajstić information content (AvgIpc) is 3.15. The fraction of sp³-hybridized carbons (Fsp3) is 0.167. The lowest BCUT2D eigenvalue weighted by molar-refractivity contribution is -0.118. The molecular weight excluding hydrogens is 378 g/mol. The molecule has 0 unspecified atom stereocenters. The number of ether oxygens (including phenoxy) is 2. The second-order valence-electron chi connectivity index (χ2n) is 7.12. The van der Waals surface area contributed by atoms with Gasteiger partial charge in [-0.05, 0) is 49.7 Å². The van der Waals surface area contributed by atoms with Crippen LogP contribution in [0.15, 0.2) is 73.1 Å². The number of benzene rings is 2. The molecule has 0 fully saturated rings. The highest BCUT2D eigenvalue weighted by Crippen LogP contribution is 2.20. The van der Waals surface area contributed by atoms with Gasteiger partial charge in [-0.1, -0.05) is 29.8 Å². The van der Waals surface area contributed by atoms with E-state index in [0.29, 0.717) is 23.8 Å². The molecule has 0 atom stereocenters. The fourth-order valence-electron chi connectivity index (χ4n) is 3.18. The first-order valence-electron chi connectivity index (χ1n) is 9.72. The quantitative estimate of drug-likeness (QED) is 0.494. The Balaban J connectivity index is 1.32. The van der Waals surface area contributed by atoms with Gasteiger partial charge in [0.2, 0.25) is 0 Å². The Kier molecular flexibility index (Phi) is 5.66. The van der Waals surface area contributed by atoms with Gasteiger partial charge in [-0.2, -0.15) is 0 Å². The summed E-state index contributed by atoms with van der Waals surface area (Å²) in [5.74, 6) is 1.13. The van der Waals surface area contributed by atoms with E-state index in [4.69, 9.17) is 9.47 Å². The zero-order valence-corrected chi connectivity index (χ0v) is 17.0. The second kappa shape index (κ2) is 8.69. The predicted molar refractivity (Wildman–Crippen MR) is 116 cm³/mol. The van der Waals surface area contributed by atoms with Crippen molar-refractivity contribution < 1.29 is 14.3 Å². The predicted octanol–water partition coefficient (Wildman–Crippen LogP) is 4.55. The first-order chi connectivity index (χ1) is 14.6. The molecular formula is C24H23N3O3. The van der Waals surface area contributed by atoms with Crippen molar-refractivity contribution in [1.82, 2.24) is 9.38 Å². The Morgan fingerprint density at radius 3 is 2.77 bits per heavy atom. The molecule has 0 aliphatic carbocycles. The molecule has 30 heavy (non-hydrogen) atoms. The smallest absolute Gasteiger partial charge is 0.262 e. The normalized spacial score (nSPS) is 10.7. The van der Waals surface area contributed by atoms with Crippen LogP contribution in [-0.4, -0.2) is 21.9 Å². The monoisotopic (exact) mass is 401 g/mol. The van der Waals surface area contributed by atoms with Crippen LogP contribution < -0.4 is 14.8 Å². The van der Waals surface area contributed by atoms with Crippen LogP contribution >= 0.6 is 0 Å². The molecule has 1 N–H and O–H groups in total. The van der Waals surface area contributed by atoms with Crippen LogP contribution in [0.4, 0.5) is 5.69 Å². The minimum Gasteiger partial charge on any atom is -0.487 e. The summed E-state index contributed by atoms with van der Waals surface area (Å²) in [6, 6.07) is 19.0. The van der Waals surface area contributed by atoms with E-state index in [1.54, 1.807) is 6.07 Å². The van der Waals surface area contributed by atoms with Crippen LogP contribution in [0.5, 0.6) is 11.5 Å². The SMILES string of the molecule is Cc1ccc(OCC(=O)Nc2cccc(OCc3cn4ccccc4n3)c2)c(C)c1. The lowest BCUT2D eigenvalue weighted by Crippen LogP contribution is -2.20. The Morgan fingerprint density at radius 2 is 1.93 bits per heavy atom. The van der Waals surface area contributed by atoms with Crippen LogP contribution in [0.2, 0.25) is 0 Å². The van der Waals surface area contributed by atoms with E-state index >= 15 is 0 Å². The number of anilines is 1. The van der Waals surface area contributed by atoms with Gasteiger partial charge in [0.1, 0.15) is 23.8 Å². The van der Waals surface area contributed by atoms with Crippen LogP contribution in [-0.2, 0) is 11.4 Å². The highest BCUT2D eigenvalue weighted by molar-refractivity contribution is 5.92. The van der Waals surface area contributed by atoms with E-state index in [-0.39, 0.29) is 12.5 Å². The molecule has 2 aromatic carbocycles. The molecule has 2 heterocycles. The number of nitrogens with one attached hydrogen (secondary N) is 1. The van der Waals surface area contributed by atoms with Gasteiger partial charge in [0.15, 0.2) is 6.61 Å². The summed E-state index contributed by atoms with van der Waals surface area (Å²) in [7, 11) is 0. The third-order valence-corrected chi connectivity index (χ3v) is 4.61. The van der Waals surface area contributed by atoms with Crippen molar-refractivity contribution >= 4 is 17.2 Å². The van der Waals surface area contributed by atoms with E-state index in [0.717, 1.165) is 22.5 Å². The van der Waals surface area contributed by atoms with Gasteiger partial charge in [0, 0.05) is 24.1 Å². The van der Waals surface area contributed by atoms with Gasteiger partial charge in [-0.15, -0.1) is 0 Å². The first kappa shape index (κ1) is 19.5. The summed E-state index contributed by atoms with van der Waals surface area (Å²) in [6.45, 7) is 4.27. The standard InChI is InChI=1S/C24H23N3O3/c1-17-9-10-22(18(2)12-17)30-16-24(28)26-19-6-5-7-21(13-19)29-15-20-14-27-11-4-3-8-23(27)25-20/h3-14H,15-16H2,1-2H3,(H,26,28). The maximum absolute atomic E-state index is 12.3. The molecule has 4 aromatic rings. The molecule has 0 radical (unpaired) electrons. The molecule has 0 aliphatic heterocycles. The van der Waals surface area contributed by atoms with E-state index in [2.05, 4.69) is 10.3 Å². The van der Waals surface area contributed by atoms with E-state index in [1.165, 1.54) is 0 Å². The number of nitrogens with zero attached hydrogens (tertiary/aromatic N) is 2.